The summed E-state index contributed by atoms with van der Waals surface area (Å²) >= 11 is 0. The summed E-state index contributed by atoms with van der Waals surface area (Å²) < 4.78 is 39.4. The maximum absolute atomic E-state index is 13.1. The molecule has 1 N–H and O–H groups in total. The largest absolute Gasteiger partial charge is 0.416 e. The molecule has 29 heavy (non-hydrogen) atoms. The molecule has 0 bridgehead atoms. The Kier molecular flexibility index (Phi) is 5.38. The topological polar surface area (TPSA) is 32.3 Å². The molecule has 0 unspecified atom stereocenters. The van der Waals surface area contributed by atoms with E-state index in [1.54, 1.807) is 6.07 Å². The predicted molar refractivity (Wildman–Crippen MR) is 105 cm³/mol. The number of benzene rings is 2. The van der Waals surface area contributed by atoms with Gasteiger partial charge in [-0.2, -0.15) is 13.2 Å². The van der Waals surface area contributed by atoms with Crippen molar-refractivity contribution in [2.24, 2.45) is 0 Å². The Morgan fingerprint density at radius 3 is 2.48 bits per heavy atom. The first kappa shape index (κ1) is 20.0. The molecule has 4 rings (SSSR count). The monoisotopic (exact) mass is 402 g/mol. The molecule has 2 aliphatic rings. The quantitative estimate of drug-likeness (QED) is 0.830. The van der Waals surface area contributed by atoms with Gasteiger partial charge in [-0.1, -0.05) is 42.5 Å². The van der Waals surface area contributed by atoms with E-state index in [-0.39, 0.29) is 29.7 Å². The molecule has 0 aliphatic carbocycles. The smallest absolute Gasteiger partial charge is 0.343 e. The van der Waals surface area contributed by atoms with Gasteiger partial charge in [0.2, 0.25) is 5.91 Å². The zero-order valence-corrected chi connectivity index (χ0v) is 16.3. The highest BCUT2D eigenvalue weighted by molar-refractivity contribution is 5.76. The molecule has 3 nitrogen and oxygen atoms in total. The van der Waals surface area contributed by atoms with Crippen LogP contribution in [0.3, 0.4) is 0 Å². The molecular weight excluding hydrogens is 377 g/mol. The van der Waals surface area contributed by atoms with E-state index in [1.807, 2.05) is 4.90 Å². The van der Waals surface area contributed by atoms with Crippen molar-refractivity contribution >= 4 is 5.91 Å². The second-order valence-electron chi connectivity index (χ2n) is 8.08. The summed E-state index contributed by atoms with van der Waals surface area (Å²) in [6, 6.07) is 14.0. The minimum Gasteiger partial charge on any atom is -0.343 e. The lowest BCUT2D eigenvalue weighted by atomic mass is 9.69. The molecule has 2 aliphatic heterocycles. The van der Waals surface area contributed by atoms with E-state index in [1.165, 1.54) is 23.3 Å². The molecule has 154 valence electrons. The number of hydrogen-bond donors (Lipinski definition) is 1. The van der Waals surface area contributed by atoms with Gasteiger partial charge in [0, 0.05) is 38.0 Å². The van der Waals surface area contributed by atoms with Crippen molar-refractivity contribution in [3.63, 3.8) is 0 Å². The minimum atomic E-state index is -4.39. The van der Waals surface area contributed by atoms with Crippen LogP contribution in [0.15, 0.2) is 48.5 Å². The Labute approximate surface area is 168 Å². The number of amides is 1. The predicted octanol–water partition coefficient (Wildman–Crippen LogP) is 4.30. The molecule has 0 aromatic heterocycles. The number of rotatable bonds is 3. The SMILES string of the molecule is O=C(CCc1ccccc1C(F)(F)F)N1CCC2(CC1)CNCc1ccccc12. The van der Waals surface area contributed by atoms with Gasteiger partial charge in [0.15, 0.2) is 0 Å². The fourth-order valence-electron chi connectivity index (χ4n) is 4.77. The Morgan fingerprint density at radius 1 is 1.03 bits per heavy atom. The van der Waals surface area contributed by atoms with E-state index in [0.717, 1.165) is 32.0 Å². The summed E-state index contributed by atoms with van der Waals surface area (Å²) in [4.78, 5) is 14.5. The van der Waals surface area contributed by atoms with Gasteiger partial charge in [-0.15, -0.1) is 0 Å². The number of halogens is 3. The van der Waals surface area contributed by atoms with Crippen molar-refractivity contribution in [3.8, 4) is 0 Å². The average molecular weight is 402 g/mol. The fraction of sp³-hybridized carbons (Fsp3) is 0.435. The first-order valence-corrected chi connectivity index (χ1v) is 10.1. The third-order valence-corrected chi connectivity index (χ3v) is 6.37. The van der Waals surface area contributed by atoms with Crippen molar-refractivity contribution < 1.29 is 18.0 Å². The van der Waals surface area contributed by atoms with Gasteiger partial charge in [0.05, 0.1) is 5.56 Å². The molecule has 1 fully saturated rings. The first-order chi connectivity index (χ1) is 13.9. The molecular formula is C23H25F3N2O. The Bertz CT molecular complexity index is 886. The number of alkyl halides is 3. The maximum atomic E-state index is 13.1. The number of hydrogen-bond acceptors (Lipinski definition) is 2. The normalized spacial score (nSPS) is 18.5. The lowest BCUT2D eigenvalue weighted by molar-refractivity contribution is -0.139. The van der Waals surface area contributed by atoms with Crippen molar-refractivity contribution in [2.45, 2.75) is 43.8 Å². The van der Waals surface area contributed by atoms with Crippen molar-refractivity contribution in [1.82, 2.24) is 10.2 Å². The Morgan fingerprint density at radius 2 is 1.72 bits per heavy atom. The summed E-state index contributed by atoms with van der Waals surface area (Å²) in [5.41, 5.74) is 2.30. The maximum Gasteiger partial charge on any atom is 0.416 e. The Hall–Kier alpha value is -2.34. The van der Waals surface area contributed by atoms with Gasteiger partial charge >= 0.3 is 6.18 Å². The van der Waals surface area contributed by atoms with Crippen molar-refractivity contribution in [1.29, 1.82) is 0 Å². The molecule has 1 spiro atoms. The first-order valence-electron chi connectivity index (χ1n) is 10.1. The van der Waals surface area contributed by atoms with Crippen LogP contribution in [-0.2, 0) is 29.4 Å². The van der Waals surface area contributed by atoms with Crippen molar-refractivity contribution in [3.05, 3.63) is 70.8 Å². The van der Waals surface area contributed by atoms with E-state index in [9.17, 15) is 18.0 Å². The van der Waals surface area contributed by atoms with Crippen LogP contribution < -0.4 is 5.32 Å². The summed E-state index contributed by atoms with van der Waals surface area (Å²) in [7, 11) is 0. The highest BCUT2D eigenvalue weighted by Gasteiger charge is 2.40. The van der Waals surface area contributed by atoms with Gasteiger partial charge in [-0.25, -0.2) is 0 Å². The lowest BCUT2D eigenvalue weighted by Crippen LogP contribution is -2.51. The molecule has 1 saturated heterocycles. The second-order valence-corrected chi connectivity index (χ2v) is 8.08. The summed E-state index contributed by atoms with van der Waals surface area (Å²) in [5, 5.41) is 3.50. The van der Waals surface area contributed by atoms with Crippen LogP contribution in [0.25, 0.3) is 0 Å². The minimum absolute atomic E-state index is 0.0501. The lowest BCUT2D eigenvalue weighted by Gasteiger charge is -2.45. The van der Waals surface area contributed by atoms with Gasteiger partial charge in [0.25, 0.3) is 0 Å². The van der Waals surface area contributed by atoms with E-state index >= 15 is 0 Å². The fourth-order valence-corrected chi connectivity index (χ4v) is 4.77. The third kappa shape index (κ3) is 4.04. The van der Waals surface area contributed by atoms with Crippen LogP contribution in [0.1, 0.15) is 41.5 Å². The van der Waals surface area contributed by atoms with Crippen LogP contribution >= 0.6 is 0 Å². The zero-order chi connectivity index (χ0) is 20.5. The van der Waals surface area contributed by atoms with Crippen molar-refractivity contribution in [2.75, 3.05) is 19.6 Å². The van der Waals surface area contributed by atoms with E-state index in [4.69, 9.17) is 0 Å². The average Bonchev–Trinajstić information content (AvgIpc) is 2.72. The molecule has 6 heteroatoms. The molecule has 0 saturated carbocycles. The molecule has 0 radical (unpaired) electrons. The molecule has 2 heterocycles. The van der Waals surface area contributed by atoms with Crippen LogP contribution in [0.5, 0.6) is 0 Å². The van der Waals surface area contributed by atoms with Crippen LogP contribution in [-0.4, -0.2) is 30.4 Å². The number of aryl methyl sites for hydroxylation is 1. The van der Waals surface area contributed by atoms with Gasteiger partial charge in [0.1, 0.15) is 0 Å². The Balaban J connectivity index is 1.39. The van der Waals surface area contributed by atoms with Crippen LogP contribution in [0.2, 0.25) is 0 Å². The number of nitrogens with zero attached hydrogens (tertiary/aromatic N) is 1. The summed E-state index contributed by atoms with van der Waals surface area (Å²) in [5.74, 6) is -0.0612. The highest BCUT2D eigenvalue weighted by atomic mass is 19.4. The van der Waals surface area contributed by atoms with Crippen LogP contribution in [0.4, 0.5) is 13.2 Å². The molecule has 0 atom stereocenters. The number of likely N-dealkylation sites (tertiary alicyclic amines) is 1. The molecule has 2 aromatic carbocycles. The van der Waals surface area contributed by atoms with E-state index < -0.39 is 11.7 Å². The van der Waals surface area contributed by atoms with Crippen LogP contribution in [0, 0.1) is 0 Å². The second kappa shape index (κ2) is 7.82. The third-order valence-electron chi connectivity index (χ3n) is 6.37. The van der Waals surface area contributed by atoms with Gasteiger partial charge in [-0.05, 0) is 42.0 Å². The highest BCUT2D eigenvalue weighted by Crippen LogP contribution is 2.39. The molecule has 1 amide bonds. The molecule has 2 aromatic rings. The summed E-state index contributed by atoms with van der Waals surface area (Å²) in [6.45, 7) is 3.08. The van der Waals surface area contributed by atoms with Gasteiger partial charge < -0.3 is 10.2 Å². The number of piperidine rings is 1. The number of fused-ring (bicyclic) bond motifs is 2. The van der Waals surface area contributed by atoms with Gasteiger partial charge in [-0.3, -0.25) is 4.79 Å². The number of carbonyl (C=O) groups excluding carboxylic acids is 1. The standard InChI is InChI=1S/C23H25F3N2O/c24-23(25,26)20-8-4-1-5-17(20)9-10-21(29)28-13-11-22(12-14-28)16-27-15-18-6-2-3-7-19(18)22/h1-8,27H,9-16H2. The zero-order valence-electron chi connectivity index (χ0n) is 16.3. The van der Waals surface area contributed by atoms with E-state index in [0.29, 0.717) is 13.1 Å². The number of nitrogens with one attached hydrogen (secondary N) is 1. The summed E-state index contributed by atoms with van der Waals surface area (Å²) in [6.07, 6.45) is -2.42. The number of carbonyl (C=O) groups is 1. The van der Waals surface area contributed by atoms with E-state index in [2.05, 4.69) is 29.6 Å².